The number of carbonyl (C=O) groups excluding carboxylic acids is 2. The minimum atomic E-state index is -1.32. The van der Waals surface area contributed by atoms with Crippen LogP contribution in [-0.2, 0) is 9.59 Å². The second-order valence-corrected chi connectivity index (χ2v) is 9.32. The van der Waals surface area contributed by atoms with E-state index in [9.17, 15) is 19.7 Å². The second-order valence-electron chi connectivity index (χ2n) is 8.52. The number of benzene rings is 3. The maximum absolute atomic E-state index is 14.2. The summed E-state index contributed by atoms with van der Waals surface area (Å²) in [5.41, 5.74) is 8.74. The van der Waals surface area contributed by atoms with Crippen molar-refractivity contribution in [3.8, 4) is 0 Å². The molecule has 11 heteroatoms. The Hall–Kier alpha value is -3.73. The van der Waals surface area contributed by atoms with E-state index >= 15 is 0 Å². The van der Waals surface area contributed by atoms with Crippen LogP contribution in [0.25, 0.3) is 0 Å². The summed E-state index contributed by atoms with van der Waals surface area (Å²) in [4.78, 5) is 45.6. The molecule has 1 aliphatic rings. The molecule has 0 radical (unpaired) electrons. The number of fused-ring (bicyclic) bond motifs is 1. The SMILES string of the molecule is Cc1ccc([N+](=O)[O-])cc1N1C(=O)C(N(C)C(=O)C(N)CS)N=C(c2ccccc2)c2cc(Cl)ccc21. The summed E-state index contributed by atoms with van der Waals surface area (Å²) in [5, 5.41) is 12.0. The van der Waals surface area contributed by atoms with Gasteiger partial charge in [-0.25, -0.2) is 4.99 Å². The predicted octanol–water partition coefficient (Wildman–Crippen LogP) is 4.11. The van der Waals surface area contributed by atoms with Crippen molar-refractivity contribution >= 4 is 58.8 Å². The lowest BCUT2D eigenvalue weighted by atomic mass is 9.99. The van der Waals surface area contributed by atoms with Crippen molar-refractivity contribution in [2.75, 3.05) is 17.7 Å². The highest BCUT2D eigenvalue weighted by Gasteiger charge is 2.38. The number of benzodiazepines with no additional fused rings is 1. The molecule has 0 aromatic heterocycles. The highest BCUT2D eigenvalue weighted by atomic mass is 35.5. The topological polar surface area (TPSA) is 122 Å². The number of anilines is 2. The number of non-ortho nitro benzene ring substituents is 1. The quantitative estimate of drug-likeness (QED) is 0.278. The Balaban J connectivity index is 2.03. The summed E-state index contributed by atoms with van der Waals surface area (Å²) in [5.74, 6) is -1.03. The highest BCUT2D eigenvalue weighted by molar-refractivity contribution is 7.80. The second kappa shape index (κ2) is 10.7. The van der Waals surface area contributed by atoms with E-state index in [-0.39, 0.29) is 17.1 Å². The molecule has 4 rings (SSSR count). The summed E-state index contributed by atoms with van der Waals surface area (Å²) in [6.07, 6.45) is -1.32. The number of nitro groups is 1. The maximum Gasteiger partial charge on any atom is 0.277 e. The lowest BCUT2D eigenvalue weighted by molar-refractivity contribution is -0.384. The molecule has 1 heterocycles. The molecule has 1 aliphatic heterocycles. The van der Waals surface area contributed by atoms with Crippen LogP contribution in [0.4, 0.5) is 17.1 Å². The van der Waals surface area contributed by atoms with Crippen molar-refractivity contribution in [1.29, 1.82) is 0 Å². The van der Waals surface area contributed by atoms with Gasteiger partial charge in [0.05, 0.1) is 28.1 Å². The van der Waals surface area contributed by atoms with E-state index in [1.54, 1.807) is 31.2 Å². The van der Waals surface area contributed by atoms with Crippen molar-refractivity contribution < 1.29 is 14.5 Å². The first-order valence-electron chi connectivity index (χ1n) is 11.3. The minimum Gasteiger partial charge on any atom is -0.319 e. The van der Waals surface area contributed by atoms with Crippen LogP contribution in [0.5, 0.6) is 0 Å². The molecule has 0 saturated carbocycles. The number of nitro benzene ring substituents is 1. The molecule has 0 spiro atoms. The number of thiol groups is 1. The molecule has 9 nitrogen and oxygen atoms in total. The van der Waals surface area contributed by atoms with Crippen molar-refractivity contribution in [3.63, 3.8) is 0 Å². The minimum absolute atomic E-state index is 0.0723. The number of halogens is 1. The number of likely N-dealkylation sites (N-methyl/N-ethyl adjacent to an activating group) is 1. The molecule has 37 heavy (non-hydrogen) atoms. The van der Waals surface area contributed by atoms with Gasteiger partial charge >= 0.3 is 0 Å². The van der Waals surface area contributed by atoms with Crippen molar-refractivity contribution in [1.82, 2.24) is 4.90 Å². The van der Waals surface area contributed by atoms with Gasteiger partial charge in [-0.2, -0.15) is 12.6 Å². The molecule has 0 saturated heterocycles. The first kappa shape index (κ1) is 26.3. The fraction of sp³-hybridized carbons (Fsp3) is 0.192. The Bertz CT molecular complexity index is 1420. The van der Waals surface area contributed by atoms with Crippen LogP contribution in [0.15, 0.2) is 71.7 Å². The van der Waals surface area contributed by atoms with E-state index in [0.717, 1.165) is 0 Å². The Kier molecular flexibility index (Phi) is 7.63. The number of aryl methyl sites for hydroxylation is 1. The summed E-state index contributed by atoms with van der Waals surface area (Å²) in [6.45, 7) is 1.74. The van der Waals surface area contributed by atoms with E-state index in [1.165, 1.54) is 29.0 Å². The van der Waals surface area contributed by atoms with E-state index < -0.39 is 28.9 Å². The Labute approximate surface area is 224 Å². The van der Waals surface area contributed by atoms with Crippen LogP contribution < -0.4 is 10.6 Å². The smallest absolute Gasteiger partial charge is 0.277 e. The van der Waals surface area contributed by atoms with Gasteiger partial charge in [-0.3, -0.25) is 24.6 Å². The van der Waals surface area contributed by atoms with Crippen LogP contribution in [0.3, 0.4) is 0 Å². The van der Waals surface area contributed by atoms with Gasteiger partial charge in [0.1, 0.15) is 0 Å². The standard InChI is InChI=1S/C26H24ClN5O4S/c1-15-8-10-18(32(35)36)13-22(15)31-21-11-9-17(27)12-19(21)23(16-6-4-3-5-7-16)29-24(26(31)34)30(2)25(33)20(28)14-37/h3-13,20,24,37H,14,28H2,1-2H3. The number of aliphatic imine (C=N–C) groups is 1. The van der Waals surface area contributed by atoms with Crippen LogP contribution >= 0.6 is 24.2 Å². The van der Waals surface area contributed by atoms with Gasteiger partial charge in [0.15, 0.2) is 0 Å². The monoisotopic (exact) mass is 537 g/mol. The lowest BCUT2D eigenvalue weighted by Crippen LogP contribution is -2.52. The molecule has 2 unspecified atom stereocenters. The molecule has 3 aromatic rings. The number of nitrogens with zero attached hydrogens (tertiary/aromatic N) is 4. The Morgan fingerprint density at radius 3 is 2.54 bits per heavy atom. The summed E-state index contributed by atoms with van der Waals surface area (Å²) >= 11 is 10.5. The van der Waals surface area contributed by atoms with Crippen LogP contribution in [0.2, 0.25) is 5.02 Å². The van der Waals surface area contributed by atoms with Crippen molar-refractivity contribution in [2.24, 2.45) is 10.7 Å². The van der Waals surface area contributed by atoms with Crippen LogP contribution in [-0.4, -0.2) is 52.4 Å². The molecule has 0 fully saturated rings. The molecule has 0 bridgehead atoms. The zero-order valence-electron chi connectivity index (χ0n) is 20.0. The van der Waals surface area contributed by atoms with Crippen LogP contribution in [0, 0.1) is 17.0 Å². The molecule has 190 valence electrons. The summed E-state index contributed by atoms with van der Waals surface area (Å²) in [6, 6.07) is 17.5. The number of hydrogen-bond acceptors (Lipinski definition) is 7. The van der Waals surface area contributed by atoms with Crippen molar-refractivity contribution in [3.05, 3.63) is 98.6 Å². The molecular weight excluding hydrogens is 514 g/mol. The number of carbonyl (C=O) groups is 2. The summed E-state index contributed by atoms with van der Waals surface area (Å²) < 4.78 is 0. The van der Waals surface area contributed by atoms with Gasteiger partial charge in [-0.15, -0.1) is 0 Å². The number of hydrogen-bond donors (Lipinski definition) is 2. The molecule has 2 atom stereocenters. The van der Waals surface area contributed by atoms with Gasteiger partial charge in [0, 0.05) is 41.1 Å². The Morgan fingerprint density at radius 1 is 1.19 bits per heavy atom. The fourth-order valence-corrected chi connectivity index (χ4v) is 4.44. The average Bonchev–Trinajstić information content (AvgIpc) is 3.02. The summed E-state index contributed by atoms with van der Waals surface area (Å²) in [7, 11) is 1.45. The average molecular weight is 538 g/mol. The van der Waals surface area contributed by atoms with Gasteiger partial charge in [0.2, 0.25) is 12.1 Å². The van der Waals surface area contributed by atoms with Gasteiger partial charge in [-0.1, -0.05) is 48.0 Å². The molecule has 2 amide bonds. The third kappa shape index (κ3) is 5.08. The van der Waals surface area contributed by atoms with Gasteiger partial charge in [0.25, 0.3) is 11.6 Å². The lowest BCUT2D eigenvalue weighted by Gasteiger charge is -2.31. The molecule has 0 aliphatic carbocycles. The van der Waals surface area contributed by atoms with Crippen molar-refractivity contribution in [2.45, 2.75) is 19.1 Å². The maximum atomic E-state index is 14.2. The van der Waals surface area contributed by atoms with Gasteiger partial charge < -0.3 is 10.6 Å². The molecule has 2 N–H and O–H groups in total. The zero-order chi connectivity index (χ0) is 26.9. The third-order valence-electron chi connectivity index (χ3n) is 6.07. The highest BCUT2D eigenvalue weighted by Crippen LogP contribution is 2.38. The first-order valence-corrected chi connectivity index (χ1v) is 12.3. The molecule has 3 aromatic carbocycles. The Morgan fingerprint density at radius 2 is 1.89 bits per heavy atom. The first-order chi connectivity index (χ1) is 17.6. The largest absolute Gasteiger partial charge is 0.319 e. The number of amides is 2. The fourth-order valence-electron chi connectivity index (χ4n) is 4.11. The molecular formula is C26H24ClN5O4S. The predicted molar refractivity (Wildman–Crippen MR) is 147 cm³/mol. The number of nitrogens with two attached hydrogens (primary N) is 1. The van der Waals surface area contributed by atoms with E-state index in [4.69, 9.17) is 22.3 Å². The van der Waals surface area contributed by atoms with E-state index in [2.05, 4.69) is 12.6 Å². The number of rotatable bonds is 6. The normalized spacial score (nSPS) is 15.9. The van der Waals surface area contributed by atoms with E-state index in [1.807, 2.05) is 30.3 Å². The van der Waals surface area contributed by atoms with E-state index in [0.29, 0.717) is 33.1 Å². The third-order valence-corrected chi connectivity index (χ3v) is 6.70. The van der Waals surface area contributed by atoms with Crippen LogP contribution in [0.1, 0.15) is 16.7 Å². The zero-order valence-corrected chi connectivity index (χ0v) is 21.7. The van der Waals surface area contributed by atoms with Gasteiger partial charge in [-0.05, 0) is 30.7 Å².